The summed E-state index contributed by atoms with van der Waals surface area (Å²) in [7, 11) is 0. The van der Waals surface area contributed by atoms with E-state index >= 15 is 0 Å². The SMILES string of the molecule is CCCCCCCCCCCCCCCCCn1c2ccc(OC(=O)c3ccccn3)cc2c2cc(OC(=O)c3ccccn3)ccc21. The molecular weight excluding hydrogens is 598 g/mol. The van der Waals surface area contributed by atoms with Crippen molar-refractivity contribution in [3.8, 4) is 11.5 Å². The molecule has 0 fully saturated rings. The van der Waals surface area contributed by atoms with Gasteiger partial charge < -0.3 is 14.0 Å². The van der Waals surface area contributed by atoms with Crippen LogP contribution in [0.3, 0.4) is 0 Å². The fourth-order valence-corrected chi connectivity index (χ4v) is 6.36. The first-order valence-electron chi connectivity index (χ1n) is 18.0. The van der Waals surface area contributed by atoms with Gasteiger partial charge in [-0.2, -0.15) is 0 Å². The Balaban J connectivity index is 1.19. The average Bonchev–Trinajstić information content (AvgIpc) is 3.42. The number of esters is 2. The molecule has 3 aromatic heterocycles. The van der Waals surface area contributed by atoms with E-state index in [1.165, 1.54) is 89.9 Å². The van der Waals surface area contributed by atoms with Crippen LogP contribution in [0.15, 0.2) is 85.2 Å². The van der Waals surface area contributed by atoms with E-state index in [1.807, 2.05) is 36.4 Å². The molecule has 252 valence electrons. The molecule has 7 nitrogen and oxygen atoms in total. The van der Waals surface area contributed by atoms with Gasteiger partial charge in [-0.15, -0.1) is 0 Å². The lowest BCUT2D eigenvalue weighted by molar-refractivity contribution is 0.0719. The number of nitrogens with zero attached hydrogens (tertiary/aromatic N) is 3. The van der Waals surface area contributed by atoms with Crippen molar-refractivity contribution in [2.75, 3.05) is 0 Å². The minimum atomic E-state index is -0.513. The number of ether oxygens (including phenoxy) is 2. The lowest BCUT2D eigenvalue weighted by Crippen LogP contribution is -2.10. The van der Waals surface area contributed by atoms with E-state index < -0.39 is 11.9 Å². The highest BCUT2D eigenvalue weighted by molar-refractivity contribution is 6.09. The van der Waals surface area contributed by atoms with Gasteiger partial charge >= 0.3 is 11.9 Å². The minimum absolute atomic E-state index is 0.247. The van der Waals surface area contributed by atoms with Gasteiger partial charge in [-0.3, -0.25) is 0 Å². The normalized spacial score (nSPS) is 11.3. The Morgan fingerprint density at radius 3 is 1.35 bits per heavy atom. The van der Waals surface area contributed by atoms with Gasteiger partial charge in [0.15, 0.2) is 0 Å². The number of benzene rings is 2. The maximum atomic E-state index is 12.7. The summed E-state index contributed by atoms with van der Waals surface area (Å²) in [5.74, 6) is -0.164. The minimum Gasteiger partial charge on any atom is -0.422 e. The Labute approximate surface area is 284 Å². The lowest BCUT2D eigenvalue weighted by Gasteiger charge is -2.09. The van der Waals surface area contributed by atoms with Crippen molar-refractivity contribution in [3.05, 3.63) is 96.6 Å². The van der Waals surface area contributed by atoms with Gasteiger partial charge in [0.2, 0.25) is 0 Å². The second-order valence-electron chi connectivity index (χ2n) is 12.7. The molecule has 0 atom stereocenters. The van der Waals surface area contributed by atoms with Crippen molar-refractivity contribution in [2.45, 2.75) is 110 Å². The quantitative estimate of drug-likeness (QED) is 0.0475. The zero-order valence-corrected chi connectivity index (χ0v) is 28.4. The molecule has 0 aliphatic carbocycles. The summed E-state index contributed by atoms with van der Waals surface area (Å²) in [6.07, 6.45) is 23.1. The summed E-state index contributed by atoms with van der Waals surface area (Å²) >= 11 is 0. The van der Waals surface area contributed by atoms with E-state index in [2.05, 4.69) is 21.5 Å². The van der Waals surface area contributed by atoms with E-state index in [4.69, 9.17) is 9.47 Å². The fourth-order valence-electron chi connectivity index (χ4n) is 6.36. The molecule has 48 heavy (non-hydrogen) atoms. The molecule has 0 saturated heterocycles. The summed E-state index contributed by atoms with van der Waals surface area (Å²) in [4.78, 5) is 33.7. The van der Waals surface area contributed by atoms with Crippen molar-refractivity contribution in [1.82, 2.24) is 14.5 Å². The Bertz CT molecular complexity index is 1620. The third-order valence-corrected chi connectivity index (χ3v) is 8.96. The average molecular weight is 648 g/mol. The molecule has 0 aliphatic rings. The highest BCUT2D eigenvalue weighted by Gasteiger charge is 2.17. The summed E-state index contributed by atoms with van der Waals surface area (Å²) in [6.45, 7) is 3.15. The summed E-state index contributed by atoms with van der Waals surface area (Å²) < 4.78 is 13.7. The highest BCUT2D eigenvalue weighted by Crippen LogP contribution is 2.35. The van der Waals surface area contributed by atoms with Gasteiger partial charge in [-0.25, -0.2) is 19.6 Å². The third kappa shape index (κ3) is 9.99. The molecule has 0 unspecified atom stereocenters. The number of fused-ring (bicyclic) bond motifs is 3. The van der Waals surface area contributed by atoms with E-state index in [-0.39, 0.29) is 11.4 Å². The van der Waals surface area contributed by atoms with Crippen LogP contribution in [-0.4, -0.2) is 26.5 Å². The summed E-state index contributed by atoms with van der Waals surface area (Å²) in [5.41, 5.74) is 2.58. The van der Waals surface area contributed by atoms with Crippen LogP contribution in [0.4, 0.5) is 0 Å². The number of unbranched alkanes of at least 4 members (excludes halogenated alkanes) is 14. The summed E-state index contributed by atoms with van der Waals surface area (Å²) in [5, 5.41) is 1.85. The van der Waals surface area contributed by atoms with Crippen molar-refractivity contribution in [1.29, 1.82) is 0 Å². The van der Waals surface area contributed by atoms with E-state index in [0.717, 1.165) is 34.8 Å². The van der Waals surface area contributed by atoms with Crippen molar-refractivity contribution in [3.63, 3.8) is 0 Å². The lowest BCUT2D eigenvalue weighted by atomic mass is 10.0. The number of hydrogen-bond donors (Lipinski definition) is 0. The first kappa shape index (κ1) is 34.8. The maximum absolute atomic E-state index is 12.7. The molecule has 0 radical (unpaired) electrons. The highest BCUT2D eigenvalue weighted by atomic mass is 16.5. The molecule has 5 aromatic rings. The number of carbonyl (C=O) groups excluding carboxylic acids is 2. The molecule has 2 aromatic carbocycles. The Kier molecular flexibility index (Phi) is 13.6. The van der Waals surface area contributed by atoms with Crippen molar-refractivity contribution >= 4 is 33.7 Å². The predicted octanol–water partition coefficient (Wildman–Crippen LogP) is 10.9. The fraction of sp³-hybridized carbons (Fsp3) is 0.415. The smallest absolute Gasteiger partial charge is 0.362 e. The van der Waals surface area contributed by atoms with E-state index in [9.17, 15) is 9.59 Å². The van der Waals surface area contributed by atoms with Crippen LogP contribution in [0.25, 0.3) is 21.8 Å². The molecule has 3 heterocycles. The number of carbonyl (C=O) groups is 2. The zero-order chi connectivity index (χ0) is 33.4. The van der Waals surface area contributed by atoms with Gasteiger partial charge in [-0.05, 0) is 67.1 Å². The molecule has 5 rings (SSSR count). The van der Waals surface area contributed by atoms with Gasteiger partial charge in [0, 0.05) is 40.7 Å². The molecular formula is C41H49N3O4. The second kappa shape index (κ2) is 18.7. The summed E-state index contributed by atoms with van der Waals surface area (Å²) in [6, 6.07) is 21.7. The zero-order valence-electron chi connectivity index (χ0n) is 28.4. The first-order chi connectivity index (χ1) is 23.6. The van der Waals surface area contributed by atoms with Crippen molar-refractivity contribution in [2.24, 2.45) is 0 Å². The molecule has 0 amide bonds. The monoisotopic (exact) mass is 647 g/mol. The number of hydrogen-bond acceptors (Lipinski definition) is 6. The Morgan fingerprint density at radius 2 is 0.958 bits per heavy atom. The standard InChI is InChI=1S/C41H49N3O4/c1-2-3-4-5-6-7-8-9-10-11-12-13-14-15-20-29-44-38-25-23-32(47-40(45)36-21-16-18-27-42-36)30-34(38)35-31-33(24-26-39(35)44)48-41(46)37-22-17-19-28-43-37/h16-19,21-28,30-31H,2-15,20,29H2,1H3. The van der Waals surface area contributed by atoms with Crippen LogP contribution in [0.1, 0.15) is 124 Å². The van der Waals surface area contributed by atoms with Gasteiger partial charge in [-0.1, -0.05) is 109 Å². The van der Waals surface area contributed by atoms with Crippen LogP contribution in [0.2, 0.25) is 0 Å². The second-order valence-corrected chi connectivity index (χ2v) is 12.7. The first-order valence-corrected chi connectivity index (χ1v) is 18.0. The Hall–Kier alpha value is -4.52. The molecule has 0 N–H and O–H groups in total. The van der Waals surface area contributed by atoms with Crippen LogP contribution in [0, 0.1) is 0 Å². The van der Waals surface area contributed by atoms with Gasteiger partial charge in [0.25, 0.3) is 0 Å². The number of aryl methyl sites for hydroxylation is 1. The molecule has 0 bridgehead atoms. The van der Waals surface area contributed by atoms with Gasteiger partial charge in [0.05, 0.1) is 0 Å². The molecule has 0 spiro atoms. The van der Waals surface area contributed by atoms with Crippen LogP contribution in [-0.2, 0) is 6.54 Å². The van der Waals surface area contributed by atoms with Crippen LogP contribution in [0.5, 0.6) is 11.5 Å². The molecule has 7 heteroatoms. The molecule has 0 aliphatic heterocycles. The third-order valence-electron chi connectivity index (χ3n) is 8.96. The predicted molar refractivity (Wildman–Crippen MR) is 193 cm³/mol. The van der Waals surface area contributed by atoms with Gasteiger partial charge in [0.1, 0.15) is 22.9 Å². The van der Waals surface area contributed by atoms with E-state index in [0.29, 0.717) is 11.5 Å². The number of aromatic nitrogens is 3. The Morgan fingerprint density at radius 1 is 0.542 bits per heavy atom. The van der Waals surface area contributed by atoms with Crippen LogP contribution < -0.4 is 9.47 Å². The number of rotatable bonds is 20. The van der Waals surface area contributed by atoms with Crippen molar-refractivity contribution < 1.29 is 19.1 Å². The van der Waals surface area contributed by atoms with E-state index in [1.54, 1.807) is 48.8 Å². The number of pyridine rings is 2. The largest absolute Gasteiger partial charge is 0.422 e. The van der Waals surface area contributed by atoms with Crippen LogP contribution >= 0.6 is 0 Å². The topological polar surface area (TPSA) is 83.3 Å². The molecule has 0 saturated carbocycles. The maximum Gasteiger partial charge on any atom is 0.362 e.